The van der Waals surface area contributed by atoms with E-state index in [0.717, 1.165) is 24.3 Å². The summed E-state index contributed by atoms with van der Waals surface area (Å²) in [6, 6.07) is 7.45. The number of piperidine rings is 1. The smallest absolute Gasteiger partial charge is 0.243 e. The van der Waals surface area contributed by atoms with E-state index in [1.54, 1.807) is 7.05 Å². The molecular weight excluding hydrogens is 314 g/mol. The van der Waals surface area contributed by atoms with E-state index in [2.05, 4.69) is 24.1 Å². The van der Waals surface area contributed by atoms with Gasteiger partial charge >= 0.3 is 0 Å². The van der Waals surface area contributed by atoms with Crippen molar-refractivity contribution in [1.82, 2.24) is 9.80 Å². The van der Waals surface area contributed by atoms with Crippen LogP contribution in [0.4, 0.5) is 5.69 Å². The first kappa shape index (κ1) is 19.4. The van der Waals surface area contributed by atoms with Crippen LogP contribution in [-0.2, 0) is 9.59 Å². The number of nitrogens with zero attached hydrogens (tertiary/aromatic N) is 2. The van der Waals surface area contributed by atoms with E-state index in [-0.39, 0.29) is 24.4 Å². The highest BCUT2D eigenvalue weighted by Gasteiger charge is 2.30. The molecule has 0 bridgehead atoms. The van der Waals surface area contributed by atoms with Crippen molar-refractivity contribution in [3.63, 3.8) is 0 Å². The SMILES string of the molecule is Cc1ccc(NC(=O)CN(C)C(=O)C(C)N2CC(C)CC(C)C2)cc1. The Kier molecular flexibility index (Phi) is 6.59. The average molecular weight is 345 g/mol. The summed E-state index contributed by atoms with van der Waals surface area (Å²) in [6.45, 7) is 10.4. The molecule has 25 heavy (non-hydrogen) atoms. The largest absolute Gasteiger partial charge is 0.335 e. The topological polar surface area (TPSA) is 52.7 Å². The molecule has 1 fully saturated rings. The van der Waals surface area contributed by atoms with Gasteiger partial charge in [0.15, 0.2) is 0 Å². The van der Waals surface area contributed by atoms with Crippen LogP contribution in [0.5, 0.6) is 0 Å². The Balaban J connectivity index is 1.88. The maximum atomic E-state index is 12.7. The van der Waals surface area contributed by atoms with E-state index in [9.17, 15) is 9.59 Å². The third-order valence-electron chi connectivity index (χ3n) is 4.89. The molecule has 138 valence electrons. The number of anilines is 1. The van der Waals surface area contributed by atoms with Crippen molar-refractivity contribution >= 4 is 17.5 Å². The Hall–Kier alpha value is -1.88. The quantitative estimate of drug-likeness (QED) is 0.893. The zero-order chi connectivity index (χ0) is 18.6. The van der Waals surface area contributed by atoms with Crippen LogP contribution in [0.25, 0.3) is 0 Å². The van der Waals surface area contributed by atoms with Gasteiger partial charge in [-0.2, -0.15) is 0 Å². The van der Waals surface area contributed by atoms with Gasteiger partial charge in [0.1, 0.15) is 0 Å². The Bertz CT molecular complexity index is 589. The number of likely N-dealkylation sites (tertiary alicyclic amines) is 1. The maximum absolute atomic E-state index is 12.7. The molecule has 1 aliphatic heterocycles. The fraction of sp³-hybridized carbons (Fsp3) is 0.600. The molecule has 1 aromatic rings. The molecule has 1 saturated heterocycles. The number of amides is 2. The van der Waals surface area contributed by atoms with Crippen LogP contribution in [0.1, 0.15) is 32.8 Å². The number of hydrogen-bond donors (Lipinski definition) is 1. The molecule has 5 nitrogen and oxygen atoms in total. The van der Waals surface area contributed by atoms with Crippen LogP contribution in [0, 0.1) is 18.8 Å². The summed E-state index contributed by atoms with van der Waals surface area (Å²) in [5.41, 5.74) is 1.90. The van der Waals surface area contributed by atoms with Gasteiger partial charge in [0.25, 0.3) is 0 Å². The lowest BCUT2D eigenvalue weighted by molar-refractivity contribution is -0.138. The van der Waals surface area contributed by atoms with Crippen LogP contribution >= 0.6 is 0 Å². The second-order valence-corrected chi connectivity index (χ2v) is 7.68. The van der Waals surface area contributed by atoms with Gasteiger partial charge in [-0.15, -0.1) is 0 Å². The van der Waals surface area contributed by atoms with Crippen LogP contribution in [0.15, 0.2) is 24.3 Å². The minimum absolute atomic E-state index is 0.000330. The summed E-state index contributed by atoms with van der Waals surface area (Å²) < 4.78 is 0. The normalized spacial score (nSPS) is 22.3. The van der Waals surface area contributed by atoms with Crippen LogP contribution in [0.3, 0.4) is 0 Å². The van der Waals surface area contributed by atoms with Gasteiger partial charge in [-0.25, -0.2) is 0 Å². The van der Waals surface area contributed by atoms with Crippen LogP contribution in [0.2, 0.25) is 0 Å². The van der Waals surface area contributed by atoms with Crippen molar-refractivity contribution in [2.24, 2.45) is 11.8 Å². The van der Waals surface area contributed by atoms with Gasteiger partial charge in [0.2, 0.25) is 11.8 Å². The summed E-state index contributed by atoms with van der Waals surface area (Å²) >= 11 is 0. The summed E-state index contributed by atoms with van der Waals surface area (Å²) in [4.78, 5) is 28.7. The zero-order valence-electron chi connectivity index (χ0n) is 16.1. The minimum Gasteiger partial charge on any atom is -0.335 e. The van der Waals surface area contributed by atoms with E-state index < -0.39 is 0 Å². The monoisotopic (exact) mass is 345 g/mol. The second kappa shape index (κ2) is 8.48. The lowest BCUT2D eigenvalue weighted by Crippen LogP contribution is -2.51. The van der Waals surface area contributed by atoms with Crippen molar-refractivity contribution < 1.29 is 9.59 Å². The number of carbonyl (C=O) groups excluding carboxylic acids is 2. The third kappa shape index (κ3) is 5.56. The molecule has 0 aliphatic carbocycles. The van der Waals surface area contributed by atoms with Gasteiger partial charge in [0, 0.05) is 25.8 Å². The number of aryl methyl sites for hydroxylation is 1. The summed E-state index contributed by atoms with van der Waals surface area (Å²) in [6.07, 6.45) is 1.21. The van der Waals surface area contributed by atoms with Gasteiger partial charge in [-0.3, -0.25) is 14.5 Å². The van der Waals surface area contributed by atoms with Gasteiger partial charge in [0.05, 0.1) is 12.6 Å². The average Bonchev–Trinajstić information content (AvgIpc) is 2.54. The predicted octanol–water partition coefficient (Wildman–Crippen LogP) is 2.76. The number of carbonyl (C=O) groups is 2. The maximum Gasteiger partial charge on any atom is 0.243 e. The highest BCUT2D eigenvalue weighted by atomic mass is 16.2. The molecule has 3 atom stereocenters. The molecule has 5 heteroatoms. The summed E-state index contributed by atoms with van der Waals surface area (Å²) in [7, 11) is 1.70. The first-order valence-electron chi connectivity index (χ1n) is 9.11. The lowest BCUT2D eigenvalue weighted by Gasteiger charge is -2.39. The first-order chi connectivity index (χ1) is 11.8. The van der Waals surface area contributed by atoms with E-state index in [1.807, 2.05) is 38.1 Å². The first-order valence-corrected chi connectivity index (χ1v) is 9.11. The Morgan fingerprint density at radius 1 is 1.20 bits per heavy atom. The molecule has 1 aromatic carbocycles. The van der Waals surface area contributed by atoms with E-state index in [1.165, 1.54) is 11.3 Å². The Morgan fingerprint density at radius 2 is 1.76 bits per heavy atom. The second-order valence-electron chi connectivity index (χ2n) is 7.68. The molecule has 3 unspecified atom stereocenters. The number of likely N-dealkylation sites (N-methyl/N-ethyl adjacent to an activating group) is 1. The molecule has 0 spiro atoms. The van der Waals surface area contributed by atoms with Gasteiger partial charge < -0.3 is 10.2 Å². The number of nitrogens with one attached hydrogen (secondary N) is 1. The molecule has 2 rings (SSSR count). The van der Waals surface area contributed by atoms with Crippen molar-refractivity contribution in [2.45, 2.75) is 40.2 Å². The van der Waals surface area contributed by atoms with Crippen molar-refractivity contribution in [2.75, 3.05) is 32.0 Å². The fourth-order valence-corrected chi connectivity index (χ4v) is 3.63. The lowest BCUT2D eigenvalue weighted by atomic mass is 9.91. The molecular formula is C20H31N3O2. The van der Waals surface area contributed by atoms with Crippen molar-refractivity contribution in [3.05, 3.63) is 29.8 Å². The zero-order valence-corrected chi connectivity index (χ0v) is 16.1. The Labute approximate surface area is 151 Å². The molecule has 1 aliphatic rings. The molecule has 0 saturated carbocycles. The molecule has 0 radical (unpaired) electrons. The van der Waals surface area contributed by atoms with E-state index in [4.69, 9.17) is 0 Å². The molecule has 0 aromatic heterocycles. The molecule has 1 N–H and O–H groups in total. The molecule has 1 heterocycles. The predicted molar refractivity (Wildman–Crippen MR) is 101 cm³/mol. The summed E-state index contributed by atoms with van der Waals surface area (Å²) in [5.74, 6) is 1.04. The summed E-state index contributed by atoms with van der Waals surface area (Å²) in [5, 5.41) is 2.84. The minimum atomic E-state index is -0.192. The number of hydrogen-bond acceptors (Lipinski definition) is 3. The molecule has 2 amide bonds. The fourth-order valence-electron chi connectivity index (χ4n) is 3.63. The third-order valence-corrected chi connectivity index (χ3v) is 4.89. The van der Waals surface area contributed by atoms with Gasteiger partial charge in [-0.05, 0) is 44.2 Å². The van der Waals surface area contributed by atoms with Crippen LogP contribution < -0.4 is 5.32 Å². The van der Waals surface area contributed by atoms with Gasteiger partial charge in [-0.1, -0.05) is 31.5 Å². The van der Waals surface area contributed by atoms with E-state index >= 15 is 0 Å². The number of rotatable bonds is 5. The van der Waals surface area contributed by atoms with Crippen molar-refractivity contribution in [1.29, 1.82) is 0 Å². The van der Waals surface area contributed by atoms with Crippen LogP contribution in [-0.4, -0.2) is 54.3 Å². The number of benzene rings is 1. The standard InChI is InChI=1S/C20H31N3O2/c1-14-6-8-18(9-7-14)21-19(24)13-22(5)20(25)17(4)23-11-15(2)10-16(3)12-23/h6-9,15-17H,10-13H2,1-5H3,(H,21,24). The highest BCUT2D eigenvalue weighted by molar-refractivity contribution is 5.95. The highest BCUT2D eigenvalue weighted by Crippen LogP contribution is 2.23. The van der Waals surface area contributed by atoms with Crippen molar-refractivity contribution in [3.8, 4) is 0 Å². The Morgan fingerprint density at radius 3 is 2.32 bits per heavy atom. The van der Waals surface area contributed by atoms with E-state index in [0.29, 0.717) is 11.8 Å².